The molecule has 0 aromatic rings. The molecule has 2 nitrogen and oxygen atoms in total. The van der Waals surface area contributed by atoms with Gasteiger partial charge in [0, 0.05) is 20.0 Å². The summed E-state index contributed by atoms with van der Waals surface area (Å²) in [5, 5.41) is 0. The van der Waals surface area contributed by atoms with Crippen molar-refractivity contribution < 1.29 is 4.79 Å². The third-order valence-corrected chi connectivity index (χ3v) is 5.27. The van der Waals surface area contributed by atoms with Gasteiger partial charge in [-0.2, -0.15) is 0 Å². The van der Waals surface area contributed by atoms with Gasteiger partial charge in [-0.05, 0) is 12.8 Å². The molecule has 0 radical (unpaired) electrons. The molecule has 0 bridgehead atoms. The van der Waals surface area contributed by atoms with Gasteiger partial charge in [0.1, 0.15) is 0 Å². The van der Waals surface area contributed by atoms with Gasteiger partial charge in [-0.15, -0.1) is 0 Å². The van der Waals surface area contributed by atoms with Crippen molar-refractivity contribution in [1.82, 2.24) is 4.90 Å². The highest BCUT2D eigenvalue weighted by Crippen LogP contribution is 2.14. The van der Waals surface area contributed by atoms with Crippen molar-refractivity contribution in [1.29, 1.82) is 0 Å². The molecule has 0 atom stereocenters. The quantitative estimate of drug-likeness (QED) is 0.203. The summed E-state index contributed by atoms with van der Waals surface area (Å²) >= 11 is 0. The maximum atomic E-state index is 11.9. The Kier molecular flexibility index (Phi) is 29.4. The van der Waals surface area contributed by atoms with Crippen LogP contribution >= 0.6 is 0 Å². The second-order valence-electron chi connectivity index (χ2n) is 7.87. The third kappa shape index (κ3) is 23.4. The van der Waals surface area contributed by atoms with Crippen LogP contribution < -0.4 is 0 Å². The van der Waals surface area contributed by atoms with Crippen LogP contribution in [0.4, 0.5) is 0 Å². The van der Waals surface area contributed by atoms with Crippen molar-refractivity contribution in [2.45, 2.75) is 144 Å². The van der Waals surface area contributed by atoms with Crippen LogP contribution in [0, 0.1) is 0 Å². The first-order chi connectivity index (χ1) is 12.2. The fourth-order valence-corrected chi connectivity index (χ4v) is 3.36. The molecule has 1 amide bonds. The molecule has 2 heteroatoms. The van der Waals surface area contributed by atoms with E-state index >= 15 is 0 Å². The molecule has 0 saturated heterocycles. The van der Waals surface area contributed by atoms with Crippen LogP contribution in [-0.4, -0.2) is 24.4 Å². The molecule has 166 valence electrons. The molecular formula is C25H55NO. The summed E-state index contributed by atoms with van der Waals surface area (Å²) in [4.78, 5) is 13.8. The molecule has 0 aliphatic heterocycles. The molecule has 0 aromatic heterocycles. The molecule has 0 heterocycles. The van der Waals surface area contributed by atoms with Gasteiger partial charge in [0.15, 0.2) is 0 Å². The Morgan fingerprint density at radius 2 is 0.889 bits per heavy atom. The minimum atomic E-state index is 0. The Hall–Kier alpha value is -0.530. The highest BCUT2D eigenvalue weighted by Gasteiger charge is 2.06. The zero-order valence-corrected chi connectivity index (χ0v) is 17.8. The SMILES string of the molecule is C.C.CCCCCCCCCCCCCCCCCC(=O)N(C)CCCC. The summed E-state index contributed by atoms with van der Waals surface area (Å²) in [5.74, 6) is 0.336. The molecule has 0 aromatic carbocycles. The number of nitrogens with zero attached hydrogens (tertiary/aromatic N) is 1. The molecule has 0 spiro atoms. The highest BCUT2D eigenvalue weighted by molar-refractivity contribution is 5.75. The van der Waals surface area contributed by atoms with Gasteiger partial charge < -0.3 is 4.90 Å². The van der Waals surface area contributed by atoms with Crippen molar-refractivity contribution in [3.63, 3.8) is 0 Å². The Labute approximate surface area is 173 Å². The maximum absolute atomic E-state index is 11.9. The summed E-state index contributed by atoms with van der Waals surface area (Å²) < 4.78 is 0. The van der Waals surface area contributed by atoms with Gasteiger partial charge in [0.25, 0.3) is 0 Å². The predicted molar refractivity (Wildman–Crippen MR) is 126 cm³/mol. The number of carbonyl (C=O) groups is 1. The van der Waals surface area contributed by atoms with Gasteiger partial charge in [0.2, 0.25) is 5.91 Å². The van der Waals surface area contributed by atoms with Crippen LogP contribution in [0.15, 0.2) is 0 Å². The zero-order valence-electron chi connectivity index (χ0n) is 17.8. The number of unbranched alkanes of at least 4 members (excludes halogenated alkanes) is 15. The maximum Gasteiger partial charge on any atom is 0.222 e. The summed E-state index contributed by atoms with van der Waals surface area (Å²) in [5.41, 5.74) is 0. The van der Waals surface area contributed by atoms with Crippen LogP contribution in [-0.2, 0) is 4.79 Å². The van der Waals surface area contributed by atoms with Crippen LogP contribution in [0.1, 0.15) is 144 Å². The lowest BCUT2D eigenvalue weighted by Gasteiger charge is -2.16. The van der Waals surface area contributed by atoms with E-state index in [4.69, 9.17) is 0 Å². The molecule has 27 heavy (non-hydrogen) atoms. The summed E-state index contributed by atoms with van der Waals surface area (Å²) in [6, 6.07) is 0. The molecular weight excluding hydrogens is 330 g/mol. The van der Waals surface area contributed by atoms with Crippen molar-refractivity contribution in [2.75, 3.05) is 13.6 Å². The zero-order chi connectivity index (χ0) is 18.6. The Morgan fingerprint density at radius 3 is 1.26 bits per heavy atom. The second-order valence-corrected chi connectivity index (χ2v) is 7.87. The van der Waals surface area contributed by atoms with Crippen LogP contribution in [0.2, 0.25) is 0 Å². The fourth-order valence-electron chi connectivity index (χ4n) is 3.36. The van der Waals surface area contributed by atoms with Crippen molar-refractivity contribution >= 4 is 5.91 Å². The van der Waals surface area contributed by atoms with E-state index in [0.717, 1.165) is 32.2 Å². The van der Waals surface area contributed by atoms with Crippen LogP contribution in [0.3, 0.4) is 0 Å². The van der Waals surface area contributed by atoms with Gasteiger partial charge in [-0.3, -0.25) is 4.79 Å². The lowest BCUT2D eigenvalue weighted by Crippen LogP contribution is -2.27. The number of hydrogen-bond acceptors (Lipinski definition) is 1. The lowest BCUT2D eigenvalue weighted by molar-refractivity contribution is -0.130. The average Bonchev–Trinajstić information content (AvgIpc) is 2.62. The average molecular weight is 386 g/mol. The first-order valence-corrected chi connectivity index (χ1v) is 11.5. The largest absolute Gasteiger partial charge is 0.346 e. The van der Waals surface area contributed by atoms with Gasteiger partial charge in [-0.25, -0.2) is 0 Å². The monoisotopic (exact) mass is 385 g/mol. The van der Waals surface area contributed by atoms with E-state index in [1.165, 1.54) is 89.9 Å². The Balaban J connectivity index is -0.00000288. The van der Waals surface area contributed by atoms with Gasteiger partial charge >= 0.3 is 0 Å². The minimum absolute atomic E-state index is 0. The van der Waals surface area contributed by atoms with Gasteiger partial charge in [0.05, 0.1) is 0 Å². The summed E-state index contributed by atoms with van der Waals surface area (Å²) in [7, 11) is 1.95. The molecule has 0 aliphatic rings. The normalized spacial score (nSPS) is 10.2. The van der Waals surface area contributed by atoms with E-state index in [0.29, 0.717) is 5.91 Å². The van der Waals surface area contributed by atoms with Gasteiger partial charge in [-0.1, -0.05) is 125 Å². The van der Waals surface area contributed by atoms with E-state index in [1.807, 2.05) is 11.9 Å². The lowest BCUT2D eigenvalue weighted by atomic mass is 10.0. The molecule has 0 N–H and O–H groups in total. The number of amides is 1. The van der Waals surface area contributed by atoms with E-state index in [2.05, 4.69) is 13.8 Å². The van der Waals surface area contributed by atoms with E-state index in [-0.39, 0.29) is 14.9 Å². The predicted octanol–water partition coefficient (Wildman–Crippen LogP) is 8.78. The molecule has 0 aliphatic carbocycles. The van der Waals surface area contributed by atoms with Crippen molar-refractivity contribution in [3.8, 4) is 0 Å². The molecule has 0 saturated carbocycles. The van der Waals surface area contributed by atoms with Crippen molar-refractivity contribution in [2.24, 2.45) is 0 Å². The standard InChI is InChI=1S/C23H47NO.2CH4/c1-4-6-8-9-10-11-12-13-14-15-16-17-18-19-20-21-23(25)24(3)22-7-5-2;;/h4-22H2,1-3H3;2*1H4. The first-order valence-electron chi connectivity index (χ1n) is 11.5. The Bertz CT molecular complexity index is 277. The smallest absolute Gasteiger partial charge is 0.222 e. The van der Waals surface area contributed by atoms with Crippen LogP contribution in [0.5, 0.6) is 0 Å². The van der Waals surface area contributed by atoms with E-state index in [9.17, 15) is 4.79 Å². The summed E-state index contributed by atoms with van der Waals surface area (Å²) in [6.45, 7) is 5.38. The van der Waals surface area contributed by atoms with Crippen molar-refractivity contribution in [3.05, 3.63) is 0 Å². The highest BCUT2D eigenvalue weighted by atomic mass is 16.2. The fraction of sp³-hybridized carbons (Fsp3) is 0.960. The topological polar surface area (TPSA) is 20.3 Å². The second kappa shape index (κ2) is 25.5. The number of hydrogen-bond donors (Lipinski definition) is 0. The Morgan fingerprint density at radius 1 is 0.556 bits per heavy atom. The molecule has 0 rings (SSSR count). The third-order valence-electron chi connectivity index (χ3n) is 5.27. The number of carbonyl (C=O) groups excluding carboxylic acids is 1. The summed E-state index contributed by atoms with van der Waals surface area (Å²) in [6.07, 6.45) is 23.7. The minimum Gasteiger partial charge on any atom is -0.346 e. The molecule has 0 unspecified atom stereocenters. The number of rotatable bonds is 19. The van der Waals surface area contributed by atoms with E-state index in [1.54, 1.807) is 0 Å². The van der Waals surface area contributed by atoms with E-state index < -0.39 is 0 Å². The van der Waals surface area contributed by atoms with Crippen LogP contribution in [0.25, 0.3) is 0 Å². The molecule has 0 fully saturated rings. The first kappa shape index (κ1) is 31.2.